The molecule has 1 heterocycles. The summed E-state index contributed by atoms with van der Waals surface area (Å²) in [6.07, 6.45) is 1.65. The number of nitrogens with one attached hydrogen (secondary N) is 1. The summed E-state index contributed by atoms with van der Waals surface area (Å²) in [4.78, 5) is 52.7. The first-order valence-corrected chi connectivity index (χ1v) is 12.8. The van der Waals surface area contributed by atoms with Crippen LogP contribution in [0.3, 0.4) is 0 Å². The van der Waals surface area contributed by atoms with Crippen molar-refractivity contribution in [2.24, 2.45) is 0 Å². The van der Waals surface area contributed by atoms with E-state index in [1.807, 2.05) is 84.9 Å². The molecule has 1 aromatic heterocycles. The largest absolute Gasteiger partial charge is 0.497 e. The topological polar surface area (TPSA) is 122 Å². The molecule has 0 bridgehead atoms. The number of benzene rings is 3. The fraction of sp³-hybridized carbons (Fsp3) is 0.226. The Morgan fingerprint density at radius 3 is 1.98 bits per heavy atom. The van der Waals surface area contributed by atoms with E-state index >= 15 is 0 Å². The van der Waals surface area contributed by atoms with Gasteiger partial charge in [0.2, 0.25) is 5.91 Å². The second-order valence-corrected chi connectivity index (χ2v) is 9.52. The number of aromatic amines is 1. The molecule has 3 aromatic carbocycles. The van der Waals surface area contributed by atoms with Crippen molar-refractivity contribution in [1.29, 1.82) is 0 Å². The van der Waals surface area contributed by atoms with E-state index in [-0.39, 0.29) is 12.1 Å². The van der Waals surface area contributed by atoms with Crippen molar-refractivity contribution in [3.05, 3.63) is 134 Å². The summed E-state index contributed by atoms with van der Waals surface area (Å²) >= 11 is 0. The van der Waals surface area contributed by atoms with Gasteiger partial charge in [-0.3, -0.25) is 23.9 Å². The van der Waals surface area contributed by atoms with E-state index < -0.39 is 41.6 Å². The Hall–Kier alpha value is -4.92. The maximum Gasteiger partial charge on any atom is 0.328 e. The highest BCUT2D eigenvalue weighted by Gasteiger charge is 2.37. The van der Waals surface area contributed by atoms with Gasteiger partial charge in [0, 0.05) is 23.7 Å². The Morgan fingerprint density at radius 2 is 1.45 bits per heavy atom. The second-order valence-electron chi connectivity index (χ2n) is 9.52. The number of methoxy groups -OCH3 is 1. The van der Waals surface area contributed by atoms with Crippen LogP contribution in [0, 0.1) is 6.92 Å². The van der Waals surface area contributed by atoms with Crippen LogP contribution in [0.15, 0.2) is 101 Å². The maximum absolute atomic E-state index is 13.4. The van der Waals surface area contributed by atoms with Crippen molar-refractivity contribution >= 4 is 11.9 Å². The van der Waals surface area contributed by atoms with Gasteiger partial charge in [-0.1, -0.05) is 72.8 Å². The van der Waals surface area contributed by atoms with Crippen molar-refractivity contribution in [3.8, 4) is 5.75 Å². The third-order valence-corrected chi connectivity index (χ3v) is 7.05. The van der Waals surface area contributed by atoms with Gasteiger partial charge in [-0.2, -0.15) is 0 Å². The second kappa shape index (κ2) is 12.3. The van der Waals surface area contributed by atoms with Crippen LogP contribution in [0.25, 0.3) is 0 Å². The number of carboxylic acid groups (broad SMARTS) is 1. The van der Waals surface area contributed by atoms with Crippen LogP contribution in [0.1, 0.15) is 28.7 Å². The fourth-order valence-corrected chi connectivity index (χ4v) is 4.99. The summed E-state index contributed by atoms with van der Waals surface area (Å²) in [5.41, 5.74) is 1.15. The molecular weight excluding hydrogens is 510 g/mol. The summed E-state index contributed by atoms with van der Waals surface area (Å²) in [6.45, 7) is 0.656. The molecule has 0 aliphatic heterocycles. The van der Waals surface area contributed by atoms with Gasteiger partial charge in [0.1, 0.15) is 18.8 Å². The van der Waals surface area contributed by atoms with Gasteiger partial charge < -0.3 is 14.7 Å². The molecule has 0 aliphatic carbocycles. The standard InChI is InChI=1S/C31H31N3O6/c1-22-19-34(30(39)32-29(22)38)20-27(35)33(21-28(36)37)18-17-31(23-9-5-3-6-10-23,24-11-7-4-8-12-24)25-13-15-26(40-2)16-14-25/h3-16,19H,17-18,20-21H2,1-2H3,(H,36,37)(H,32,38,39). The van der Waals surface area contributed by atoms with E-state index in [0.717, 1.165) is 21.3 Å². The molecule has 0 fully saturated rings. The maximum atomic E-state index is 13.4. The molecule has 4 rings (SSSR count). The lowest BCUT2D eigenvalue weighted by molar-refractivity contribution is -0.144. The molecule has 9 heteroatoms. The number of amides is 1. The van der Waals surface area contributed by atoms with E-state index in [0.29, 0.717) is 12.2 Å². The highest BCUT2D eigenvalue weighted by molar-refractivity contribution is 5.81. The molecule has 4 aromatic rings. The molecule has 9 nitrogen and oxygen atoms in total. The minimum Gasteiger partial charge on any atom is -0.497 e. The van der Waals surface area contributed by atoms with Crippen LogP contribution in [-0.4, -0.2) is 51.6 Å². The van der Waals surface area contributed by atoms with E-state index in [4.69, 9.17) is 4.74 Å². The van der Waals surface area contributed by atoms with Gasteiger partial charge in [-0.15, -0.1) is 0 Å². The summed E-state index contributed by atoms with van der Waals surface area (Å²) < 4.78 is 6.46. The van der Waals surface area contributed by atoms with Crippen molar-refractivity contribution in [2.75, 3.05) is 20.2 Å². The number of rotatable bonds is 11. The van der Waals surface area contributed by atoms with E-state index in [2.05, 4.69) is 4.98 Å². The van der Waals surface area contributed by atoms with Gasteiger partial charge in [0.25, 0.3) is 5.56 Å². The zero-order valence-corrected chi connectivity index (χ0v) is 22.4. The normalized spacial score (nSPS) is 11.2. The number of carbonyl (C=O) groups excluding carboxylic acids is 1. The molecule has 0 spiro atoms. The first-order chi connectivity index (χ1) is 19.2. The monoisotopic (exact) mass is 541 g/mol. The predicted molar refractivity (Wildman–Crippen MR) is 151 cm³/mol. The number of nitrogens with zero attached hydrogens (tertiary/aromatic N) is 2. The number of aryl methyl sites for hydroxylation is 1. The smallest absolute Gasteiger partial charge is 0.328 e. The third-order valence-electron chi connectivity index (χ3n) is 7.05. The Kier molecular flexibility index (Phi) is 8.63. The van der Waals surface area contributed by atoms with Crippen LogP contribution in [0.5, 0.6) is 5.75 Å². The van der Waals surface area contributed by atoms with Crippen LogP contribution < -0.4 is 16.0 Å². The number of aromatic nitrogens is 2. The predicted octanol–water partition coefficient (Wildman–Crippen LogP) is 3.19. The van der Waals surface area contributed by atoms with E-state index in [1.54, 1.807) is 7.11 Å². The lowest BCUT2D eigenvalue weighted by atomic mass is 9.67. The van der Waals surface area contributed by atoms with Crippen LogP contribution in [0.2, 0.25) is 0 Å². The molecule has 0 saturated heterocycles. The minimum atomic E-state index is -1.17. The molecule has 0 atom stereocenters. The Morgan fingerprint density at radius 1 is 0.900 bits per heavy atom. The Labute approximate surface area is 231 Å². The van der Waals surface area contributed by atoms with Gasteiger partial charge in [0.15, 0.2) is 0 Å². The average Bonchev–Trinajstić information content (AvgIpc) is 2.96. The average molecular weight is 542 g/mol. The number of carboxylic acids is 1. The van der Waals surface area contributed by atoms with E-state index in [9.17, 15) is 24.3 Å². The number of carbonyl (C=O) groups is 2. The zero-order valence-electron chi connectivity index (χ0n) is 22.4. The van der Waals surface area contributed by atoms with Crippen LogP contribution in [-0.2, 0) is 21.5 Å². The zero-order chi connectivity index (χ0) is 28.7. The molecular formula is C31H31N3O6. The quantitative estimate of drug-likeness (QED) is 0.281. The van der Waals surface area contributed by atoms with Crippen LogP contribution in [0.4, 0.5) is 0 Å². The number of hydrogen-bond donors (Lipinski definition) is 2. The molecule has 206 valence electrons. The summed E-state index contributed by atoms with van der Waals surface area (Å²) in [5.74, 6) is -1.03. The summed E-state index contributed by atoms with van der Waals surface area (Å²) in [7, 11) is 1.60. The minimum absolute atomic E-state index is 0.0814. The lowest BCUT2D eigenvalue weighted by Crippen LogP contribution is -2.43. The molecule has 40 heavy (non-hydrogen) atoms. The summed E-state index contributed by atoms with van der Waals surface area (Å²) in [5, 5.41) is 9.65. The third kappa shape index (κ3) is 6.04. The Bertz CT molecular complexity index is 1540. The SMILES string of the molecule is COc1ccc(C(CCN(CC(=O)O)C(=O)Cn2cc(C)c(=O)[nH]c2=O)(c2ccccc2)c2ccccc2)cc1. The van der Waals surface area contributed by atoms with Crippen molar-refractivity contribution in [2.45, 2.75) is 25.3 Å². The number of hydrogen-bond acceptors (Lipinski definition) is 5. The van der Waals surface area contributed by atoms with Crippen molar-refractivity contribution < 1.29 is 19.4 Å². The number of aliphatic carboxylic acids is 1. The number of ether oxygens (including phenoxy) is 1. The molecule has 0 radical (unpaired) electrons. The highest BCUT2D eigenvalue weighted by atomic mass is 16.5. The first kappa shape index (κ1) is 28.1. The van der Waals surface area contributed by atoms with Gasteiger partial charge in [0.05, 0.1) is 7.11 Å². The first-order valence-electron chi connectivity index (χ1n) is 12.8. The lowest BCUT2D eigenvalue weighted by Gasteiger charge is -2.38. The van der Waals surface area contributed by atoms with Crippen molar-refractivity contribution in [3.63, 3.8) is 0 Å². The Balaban J connectivity index is 1.77. The van der Waals surface area contributed by atoms with Gasteiger partial charge >= 0.3 is 11.7 Å². The molecule has 2 N–H and O–H groups in total. The van der Waals surface area contributed by atoms with Gasteiger partial charge in [-0.25, -0.2) is 4.79 Å². The number of H-pyrrole nitrogens is 1. The van der Waals surface area contributed by atoms with Crippen molar-refractivity contribution in [1.82, 2.24) is 14.5 Å². The molecule has 1 amide bonds. The van der Waals surface area contributed by atoms with Crippen LogP contribution >= 0.6 is 0 Å². The highest BCUT2D eigenvalue weighted by Crippen LogP contribution is 2.42. The van der Waals surface area contributed by atoms with Gasteiger partial charge in [-0.05, 0) is 42.2 Å². The molecule has 0 unspecified atom stereocenters. The summed E-state index contributed by atoms with van der Waals surface area (Å²) in [6, 6.07) is 27.4. The fourth-order valence-electron chi connectivity index (χ4n) is 4.99. The molecule has 0 aliphatic rings. The van der Waals surface area contributed by atoms with E-state index in [1.165, 1.54) is 18.0 Å². The molecule has 0 saturated carbocycles.